The van der Waals surface area contributed by atoms with Crippen LogP contribution in [0.1, 0.15) is 26.7 Å². The molecule has 7 nitrogen and oxygen atoms in total. The number of benzene rings is 1. The van der Waals surface area contributed by atoms with Crippen molar-refractivity contribution in [3.63, 3.8) is 0 Å². The van der Waals surface area contributed by atoms with Crippen molar-refractivity contribution in [2.24, 2.45) is 5.92 Å². The molecule has 31 heavy (non-hydrogen) atoms. The lowest BCUT2D eigenvalue weighted by molar-refractivity contribution is -0.188. The highest BCUT2D eigenvalue weighted by molar-refractivity contribution is 7.89. The standard InChI is InChI=1S/C19H25F3N4O3S2/c1-3-25(4-2)31(27,28)16-9-5-7-14(11-16)17-23-26(18(30)29-17)13-24-10-6-8-15(12-24)19(20,21)22/h5,7,9,11,15H,3-4,6,8,10,12-13H2,1-2H3. The number of rotatable bonds is 7. The molecule has 0 amide bonds. The van der Waals surface area contributed by atoms with E-state index in [4.69, 9.17) is 16.6 Å². The Labute approximate surface area is 184 Å². The number of sulfonamides is 1. The van der Waals surface area contributed by atoms with Gasteiger partial charge in [0.05, 0.1) is 17.5 Å². The zero-order valence-electron chi connectivity index (χ0n) is 17.3. The number of halogens is 3. The number of aromatic nitrogens is 2. The van der Waals surface area contributed by atoms with Crippen LogP contribution in [-0.2, 0) is 16.7 Å². The zero-order chi connectivity index (χ0) is 22.8. The number of piperidine rings is 1. The SMILES string of the molecule is CCN(CC)S(=O)(=O)c1cccc(-c2nn(CN3CCCC(C(F)(F)F)C3)c(=S)o2)c1. The summed E-state index contributed by atoms with van der Waals surface area (Å²) in [6.45, 7) is 4.66. The van der Waals surface area contributed by atoms with Crippen molar-refractivity contribution in [2.75, 3.05) is 26.2 Å². The van der Waals surface area contributed by atoms with Crippen molar-refractivity contribution in [1.29, 1.82) is 0 Å². The quantitative estimate of drug-likeness (QED) is 0.557. The van der Waals surface area contributed by atoms with Gasteiger partial charge in [0.25, 0.3) is 4.84 Å². The van der Waals surface area contributed by atoms with Gasteiger partial charge in [0, 0.05) is 25.2 Å². The Bertz CT molecular complexity index is 1060. The third-order valence-electron chi connectivity index (χ3n) is 5.33. The van der Waals surface area contributed by atoms with Gasteiger partial charge >= 0.3 is 6.18 Å². The molecule has 1 aromatic heterocycles. The summed E-state index contributed by atoms with van der Waals surface area (Å²) in [4.78, 5) is 1.76. The van der Waals surface area contributed by atoms with E-state index in [1.165, 1.54) is 21.1 Å². The molecule has 1 atom stereocenters. The van der Waals surface area contributed by atoms with E-state index in [-0.39, 0.29) is 35.3 Å². The molecule has 12 heteroatoms. The number of hydrogen-bond acceptors (Lipinski definition) is 6. The Balaban J connectivity index is 1.82. The molecule has 172 valence electrons. The van der Waals surface area contributed by atoms with Gasteiger partial charge in [-0.2, -0.15) is 17.5 Å². The first kappa shape index (κ1) is 23.9. The van der Waals surface area contributed by atoms with Crippen LogP contribution >= 0.6 is 12.2 Å². The molecular weight excluding hydrogens is 453 g/mol. The second-order valence-electron chi connectivity index (χ2n) is 7.39. The van der Waals surface area contributed by atoms with E-state index in [9.17, 15) is 21.6 Å². The second kappa shape index (κ2) is 9.39. The van der Waals surface area contributed by atoms with Crippen LogP contribution in [0.25, 0.3) is 11.5 Å². The Morgan fingerprint density at radius 1 is 1.29 bits per heavy atom. The number of nitrogens with zero attached hydrogens (tertiary/aromatic N) is 4. The van der Waals surface area contributed by atoms with Crippen LogP contribution in [0.2, 0.25) is 0 Å². The molecule has 0 spiro atoms. The minimum absolute atomic E-state index is 0.0149. The molecule has 0 radical (unpaired) electrons. The highest BCUT2D eigenvalue weighted by Crippen LogP contribution is 2.33. The molecule has 1 fully saturated rings. The summed E-state index contributed by atoms with van der Waals surface area (Å²) in [6.07, 6.45) is -3.68. The first-order valence-electron chi connectivity index (χ1n) is 10.0. The van der Waals surface area contributed by atoms with Gasteiger partial charge in [-0.05, 0) is 49.8 Å². The topological polar surface area (TPSA) is 71.6 Å². The van der Waals surface area contributed by atoms with Gasteiger partial charge in [0.2, 0.25) is 15.9 Å². The summed E-state index contributed by atoms with van der Waals surface area (Å²) >= 11 is 5.19. The predicted molar refractivity (Wildman–Crippen MR) is 111 cm³/mol. The monoisotopic (exact) mass is 478 g/mol. The van der Waals surface area contributed by atoms with Crippen molar-refractivity contribution in [2.45, 2.75) is 44.4 Å². The molecule has 3 rings (SSSR count). The maximum absolute atomic E-state index is 13.1. The van der Waals surface area contributed by atoms with Gasteiger partial charge in [-0.3, -0.25) is 4.90 Å². The molecule has 0 bridgehead atoms. The van der Waals surface area contributed by atoms with E-state index < -0.39 is 22.1 Å². The Morgan fingerprint density at radius 2 is 2.00 bits per heavy atom. The van der Waals surface area contributed by atoms with Gasteiger partial charge < -0.3 is 4.42 Å². The molecule has 2 heterocycles. The van der Waals surface area contributed by atoms with Crippen molar-refractivity contribution in [1.82, 2.24) is 19.0 Å². The average Bonchev–Trinajstić information content (AvgIpc) is 3.09. The first-order chi connectivity index (χ1) is 14.6. The van der Waals surface area contributed by atoms with Gasteiger partial charge in [0.1, 0.15) is 0 Å². The molecule has 0 aliphatic carbocycles. The largest absolute Gasteiger partial charge is 0.409 e. The molecule has 1 aliphatic heterocycles. The van der Waals surface area contributed by atoms with Crippen molar-refractivity contribution < 1.29 is 26.0 Å². The molecular formula is C19H25F3N4O3S2. The molecule has 0 N–H and O–H groups in total. The van der Waals surface area contributed by atoms with E-state index in [2.05, 4.69) is 5.10 Å². The van der Waals surface area contributed by atoms with Crippen LogP contribution in [-0.4, -0.2) is 59.8 Å². The fraction of sp³-hybridized carbons (Fsp3) is 0.579. The summed E-state index contributed by atoms with van der Waals surface area (Å²) < 4.78 is 72.9. The summed E-state index contributed by atoms with van der Waals surface area (Å²) in [5, 5.41) is 4.28. The Morgan fingerprint density at radius 3 is 2.65 bits per heavy atom. The summed E-state index contributed by atoms with van der Waals surface area (Å²) in [7, 11) is -3.66. The lowest BCUT2D eigenvalue weighted by atomic mass is 9.98. The van der Waals surface area contributed by atoms with Gasteiger partial charge in [0.15, 0.2) is 0 Å². The predicted octanol–water partition coefficient (Wildman–Crippen LogP) is 4.13. The molecule has 1 saturated heterocycles. The lowest BCUT2D eigenvalue weighted by Crippen LogP contribution is -2.42. The second-order valence-corrected chi connectivity index (χ2v) is 9.68. The fourth-order valence-corrected chi connectivity index (χ4v) is 5.34. The minimum Gasteiger partial charge on any atom is -0.409 e. The van der Waals surface area contributed by atoms with Gasteiger partial charge in [-0.1, -0.05) is 19.9 Å². The van der Waals surface area contributed by atoms with Crippen LogP contribution in [0.3, 0.4) is 0 Å². The first-order valence-corrected chi connectivity index (χ1v) is 11.9. The smallest absolute Gasteiger partial charge is 0.393 e. The van der Waals surface area contributed by atoms with Crippen LogP contribution in [0, 0.1) is 10.8 Å². The van der Waals surface area contributed by atoms with Gasteiger partial charge in [-0.15, -0.1) is 5.10 Å². The van der Waals surface area contributed by atoms with Gasteiger partial charge in [-0.25, -0.2) is 13.1 Å². The normalized spacial score (nSPS) is 18.6. The van der Waals surface area contributed by atoms with Crippen molar-refractivity contribution in [3.05, 3.63) is 29.1 Å². The van der Waals surface area contributed by atoms with Crippen LogP contribution in [0.5, 0.6) is 0 Å². The van der Waals surface area contributed by atoms with E-state index in [1.807, 2.05) is 0 Å². The number of alkyl halides is 3. The van der Waals surface area contributed by atoms with E-state index in [0.717, 1.165) is 0 Å². The lowest BCUT2D eigenvalue weighted by Gasteiger charge is -2.33. The van der Waals surface area contributed by atoms with E-state index in [0.29, 0.717) is 31.6 Å². The summed E-state index contributed by atoms with van der Waals surface area (Å²) in [6, 6.07) is 6.18. The third kappa shape index (κ3) is 5.36. The average molecular weight is 479 g/mol. The zero-order valence-corrected chi connectivity index (χ0v) is 18.9. The molecule has 0 saturated carbocycles. The molecule has 1 aromatic carbocycles. The Kier molecular flexibility index (Phi) is 7.24. The number of likely N-dealkylation sites (tertiary alicyclic amines) is 1. The fourth-order valence-electron chi connectivity index (χ4n) is 3.66. The van der Waals surface area contributed by atoms with Crippen LogP contribution in [0.15, 0.2) is 33.6 Å². The maximum atomic E-state index is 13.1. The van der Waals surface area contributed by atoms with Crippen molar-refractivity contribution in [3.8, 4) is 11.5 Å². The highest BCUT2D eigenvalue weighted by atomic mass is 32.2. The maximum Gasteiger partial charge on any atom is 0.393 e. The number of hydrogen-bond donors (Lipinski definition) is 0. The summed E-state index contributed by atoms with van der Waals surface area (Å²) in [5.41, 5.74) is 0.421. The summed E-state index contributed by atoms with van der Waals surface area (Å²) in [5.74, 6) is -1.25. The Hall–Kier alpha value is -1.76. The van der Waals surface area contributed by atoms with E-state index in [1.54, 1.807) is 30.9 Å². The van der Waals surface area contributed by atoms with Crippen LogP contribution < -0.4 is 0 Å². The molecule has 1 aliphatic rings. The highest BCUT2D eigenvalue weighted by Gasteiger charge is 2.41. The van der Waals surface area contributed by atoms with Crippen molar-refractivity contribution >= 4 is 22.2 Å². The molecule has 2 aromatic rings. The van der Waals surface area contributed by atoms with Crippen LogP contribution in [0.4, 0.5) is 13.2 Å². The third-order valence-corrected chi connectivity index (χ3v) is 7.67. The minimum atomic E-state index is -4.23. The van der Waals surface area contributed by atoms with E-state index >= 15 is 0 Å². The molecule has 1 unspecified atom stereocenters.